The van der Waals surface area contributed by atoms with E-state index in [9.17, 15) is 14.9 Å². The number of nitrogens with zero attached hydrogens (tertiary/aromatic N) is 6. The molecule has 0 atom stereocenters. The van der Waals surface area contributed by atoms with E-state index >= 15 is 0 Å². The van der Waals surface area contributed by atoms with Gasteiger partial charge in [0.1, 0.15) is 0 Å². The summed E-state index contributed by atoms with van der Waals surface area (Å²) in [5.41, 5.74) is 1.78. The van der Waals surface area contributed by atoms with Crippen LogP contribution in [0.25, 0.3) is 16.3 Å². The predicted molar refractivity (Wildman–Crippen MR) is 131 cm³/mol. The highest BCUT2D eigenvalue weighted by Gasteiger charge is 2.15. The van der Waals surface area contributed by atoms with Gasteiger partial charge in [0.05, 0.1) is 10.7 Å². The Morgan fingerprint density at radius 3 is 2.79 bits per heavy atom. The maximum Gasteiger partial charge on any atom is 0.269 e. The standard InChI is InChI=1S/C21H15N7O3S3/c29-17(23-19-22-11-16(33-19)10-13-5-4-8-15(9-13)28(30)31)12-32-21-26-27-18(24-25-20(27)34-21)14-6-2-1-3-7-14/h1-9,11H,10,12H2,(H,22,23,29). The van der Waals surface area contributed by atoms with E-state index in [-0.39, 0.29) is 17.3 Å². The lowest BCUT2D eigenvalue weighted by molar-refractivity contribution is -0.384. The first kappa shape index (κ1) is 22.1. The highest BCUT2D eigenvalue weighted by atomic mass is 32.2. The third kappa shape index (κ3) is 4.95. The molecular weight excluding hydrogens is 494 g/mol. The van der Waals surface area contributed by atoms with Crippen LogP contribution in [-0.4, -0.2) is 41.4 Å². The molecule has 0 aliphatic carbocycles. The van der Waals surface area contributed by atoms with Crippen molar-refractivity contribution in [3.63, 3.8) is 0 Å². The van der Waals surface area contributed by atoms with Gasteiger partial charge in [0.2, 0.25) is 10.9 Å². The number of aromatic nitrogens is 5. The number of nitrogens with one attached hydrogen (secondary N) is 1. The Hall–Kier alpha value is -3.68. The number of nitro groups is 1. The zero-order chi connectivity index (χ0) is 23.5. The first-order valence-electron chi connectivity index (χ1n) is 9.93. The van der Waals surface area contributed by atoms with Gasteiger partial charge >= 0.3 is 0 Å². The van der Waals surface area contributed by atoms with Crippen LogP contribution in [0.2, 0.25) is 0 Å². The van der Waals surface area contributed by atoms with Gasteiger partial charge in [-0.25, -0.2) is 4.98 Å². The van der Waals surface area contributed by atoms with Crippen LogP contribution in [0.4, 0.5) is 10.8 Å². The number of rotatable bonds is 8. The van der Waals surface area contributed by atoms with E-state index in [1.807, 2.05) is 36.4 Å². The fraction of sp³-hybridized carbons (Fsp3) is 0.0952. The van der Waals surface area contributed by atoms with Gasteiger partial charge in [0.25, 0.3) is 5.69 Å². The number of nitro benzene ring substituents is 1. The summed E-state index contributed by atoms with van der Waals surface area (Å²) < 4.78 is 2.39. The summed E-state index contributed by atoms with van der Waals surface area (Å²) in [6.45, 7) is 0. The van der Waals surface area contributed by atoms with Crippen LogP contribution in [0.5, 0.6) is 0 Å². The van der Waals surface area contributed by atoms with Crippen LogP contribution < -0.4 is 5.32 Å². The highest BCUT2D eigenvalue weighted by Crippen LogP contribution is 2.28. The lowest BCUT2D eigenvalue weighted by atomic mass is 10.1. The molecule has 0 bridgehead atoms. The zero-order valence-electron chi connectivity index (χ0n) is 17.3. The van der Waals surface area contributed by atoms with Crippen molar-refractivity contribution in [1.29, 1.82) is 0 Å². The summed E-state index contributed by atoms with van der Waals surface area (Å²) >= 11 is 4.02. The van der Waals surface area contributed by atoms with E-state index in [0.717, 1.165) is 16.0 Å². The molecule has 0 saturated carbocycles. The van der Waals surface area contributed by atoms with Crippen molar-refractivity contribution < 1.29 is 9.72 Å². The number of thioether (sulfide) groups is 1. The third-order valence-electron chi connectivity index (χ3n) is 4.63. The predicted octanol–water partition coefficient (Wildman–Crippen LogP) is 4.54. The minimum absolute atomic E-state index is 0.0499. The molecule has 0 aliphatic rings. The summed E-state index contributed by atoms with van der Waals surface area (Å²) in [6.07, 6.45) is 2.17. The van der Waals surface area contributed by atoms with Crippen molar-refractivity contribution in [2.45, 2.75) is 10.8 Å². The summed E-state index contributed by atoms with van der Waals surface area (Å²) in [5.74, 6) is 0.627. The van der Waals surface area contributed by atoms with Crippen LogP contribution in [0.1, 0.15) is 10.4 Å². The number of amides is 1. The van der Waals surface area contributed by atoms with Crippen LogP contribution in [0, 0.1) is 10.1 Å². The molecule has 1 amide bonds. The number of anilines is 1. The Kier molecular flexibility index (Phi) is 6.29. The van der Waals surface area contributed by atoms with Crippen molar-refractivity contribution in [3.05, 3.63) is 81.3 Å². The van der Waals surface area contributed by atoms with E-state index in [1.165, 1.54) is 46.6 Å². The molecule has 2 aromatic carbocycles. The van der Waals surface area contributed by atoms with Gasteiger partial charge in [-0.3, -0.25) is 14.9 Å². The molecule has 3 heterocycles. The first-order valence-corrected chi connectivity index (χ1v) is 12.6. The molecule has 170 valence electrons. The lowest BCUT2D eigenvalue weighted by Crippen LogP contribution is -2.13. The van der Waals surface area contributed by atoms with Gasteiger partial charge in [-0.2, -0.15) is 4.52 Å². The quantitative estimate of drug-likeness (QED) is 0.183. The van der Waals surface area contributed by atoms with Gasteiger partial charge in [0.15, 0.2) is 15.3 Å². The van der Waals surface area contributed by atoms with Crippen molar-refractivity contribution >= 4 is 56.1 Å². The molecule has 0 radical (unpaired) electrons. The van der Waals surface area contributed by atoms with Crippen molar-refractivity contribution in [1.82, 2.24) is 24.8 Å². The van der Waals surface area contributed by atoms with E-state index in [4.69, 9.17) is 0 Å². The number of hydrogen-bond donors (Lipinski definition) is 1. The number of fused-ring (bicyclic) bond motifs is 1. The Labute approximate surface area is 204 Å². The summed E-state index contributed by atoms with van der Waals surface area (Å²) in [4.78, 5) is 28.7. The maximum atomic E-state index is 12.4. The van der Waals surface area contributed by atoms with E-state index in [0.29, 0.717) is 26.7 Å². The minimum atomic E-state index is -0.418. The normalized spacial score (nSPS) is 11.1. The molecule has 3 aromatic heterocycles. The molecule has 1 N–H and O–H groups in total. The van der Waals surface area contributed by atoms with Crippen molar-refractivity contribution in [3.8, 4) is 11.4 Å². The average Bonchev–Trinajstić information content (AvgIpc) is 3.54. The van der Waals surface area contributed by atoms with Gasteiger partial charge < -0.3 is 5.32 Å². The molecular formula is C21H15N7O3S3. The number of thiazole rings is 1. The minimum Gasteiger partial charge on any atom is -0.301 e. The Bertz CT molecular complexity index is 1480. The second-order valence-corrected chi connectivity index (χ2v) is 10.3. The number of hydrogen-bond acceptors (Lipinski definition) is 10. The van der Waals surface area contributed by atoms with Crippen LogP contribution in [0.15, 0.2) is 65.1 Å². The molecule has 10 nitrogen and oxygen atoms in total. The molecule has 0 aliphatic heterocycles. The van der Waals surface area contributed by atoms with E-state index in [2.05, 4.69) is 25.6 Å². The second kappa shape index (κ2) is 9.67. The second-order valence-electron chi connectivity index (χ2n) is 7.02. The molecule has 0 spiro atoms. The van der Waals surface area contributed by atoms with E-state index in [1.54, 1.807) is 16.8 Å². The topological polar surface area (TPSA) is 128 Å². The zero-order valence-corrected chi connectivity index (χ0v) is 19.8. The Morgan fingerprint density at radius 1 is 1.12 bits per heavy atom. The third-order valence-corrected chi connectivity index (χ3v) is 7.58. The average molecular weight is 510 g/mol. The van der Waals surface area contributed by atoms with Crippen molar-refractivity contribution in [2.24, 2.45) is 0 Å². The number of carbonyl (C=O) groups is 1. The van der Waals surface area contributed by atoms with Gasteiger partial charge in [0, 0.05) is 35.2 Å². The maximum absolute atomic E-state index is 12.4. The van der Waals surface area contributed by atoms with Gasteiger partial charge in [-0.05, 0) is 5.56 Å². The summed E-state index contributed by atoms with van der Waals surface area (Å²) in [7, 11) is 0. The summed E-state index contributed by atoms with van der Waals surface area (Å²) in [6, 6.07) is 16.1. The smallest absolute Gasteiger partial charge is 0.269 e. The van der Waals surface area contributed by atoms with E-state index < -0.39 is 4.92 Å². The SMILES string of the molecule is O=C(CSc1nn2c(-c3ccccc3)nnc2s1)Nc1ncc(Cc2cccc([N+](=O)[O-])c2)s1. The van der Waals surface area contributed by atoms with Gasteiger partial charge in [-0.15, -0.1) is 26.6 Å². The fourth-order valence-corrected chi connectivity index (χ4v) is 5.67. The van der Waals surface area contributed by atoms with Crippen LogP contribution >= 0.6 is 34.4 Å². The van der Waals surface area contributed by atoms with Crippen LogP contribution in [-0.2, 0) is 11.2 Å². The molecule has 0 unspecified atom stereocenters. The van der Waals surface area contributed by atoms with Crippen molar-refractivity contribution in [2.75, 3.05) is 11.1 Å². The largest absolute Gasteiger partial charge is 0.301 e. The monoisotopic (exact) mass is 509 g/mol. The molecule has 0 saturated heterocycles. The molecule has 5 rings (SSSR count). The highest BCUT2D eigenvalue weighted by molar-refractivity contribution is 8.01. The molecule has 13 heteroatoms. The first-order chi connectivity index (χ1) is 16.5. The number of non-ortho nitro benzene ring substituents is 1. The van der Waals surface area contributed by atoms with Crippen LogP contribution in [0.3, 0.4) is 0 Å². The molecule has 34 heavy (non-hydrogen) atoms. The number of carbonyl (C=O) groups excluding carboxylic acids is 1. The number of benzene rings is 2. The molecule has 5 aromatic rings. The van der Waals surface area contributed by atoms with Gasteiger partial charge in [-0.1, -0.05) is 65.6 Å². The lowest BCUT2D eigenvalue weighted by Gasteiger charge is -2.00. The summed E-state index contributed by atoms with van der Waals surface area (Å²) in [5, 5.41) is 27.1. The molecule has 0 fully saturated rings. The Balaban J connectivity index is 1.18. The fourth-order valence-electron chi connectivity index (χ4n) is 3.14. The Morgan fingerprint density at radius 2 is 1.97 bits per heavy atom.